The summed E-state index contributed by atoms with van der Waals surface area (Å²) in [4.78, 5) is 18.5. The van der Waals surface area contributed by atoms with Gasteiger partial charge in [0, 0.05) is 25.7 Å². The smallest absolute Gasteiger partial charge is 0.233 e. The Morgan fingerprint density at radius 3 is 2.44 bits per heavy atom. The molecule has 0 radical (unpaired) electrons. The Morgan fingerprint density at radius 1 is 1.04 bits per heavy atom. The third kappa shape index (κ3) is 3.20. The van der Waals surface area contributed by atoms with Crippen molar-refractivity contribution in [2.75, 3.05) is 40.9 Å². The number of amides is 1. The summed E-state index contributed by atoms with van der Waals surface area (Å²) >= 11 is 0. The number of piperidine rings is 1. The van der Waals surface area contributed by atoms with Crippen LogP contribution in [-0.4, -0.2) is 62.7 Å². The first-order valence-corrected chi connectivity index (χ1v) is 10.3. The molecular weight excluding hydrogens is 340 g/mol. The van der Waals surface area contributed by atoms with E-state index in [0.29, 0.717) is 23.6 Å². The van der Waals surface area contributed by atoms with E-state index in [1.807, 2.05) is 12.1 Å². The summed E-state index contributed by atoms with van der Waals surface area (Å²) in [6.07, 6.45) is 6.56. The van der Waals surface area contributed by atoms with E-state index in [0.717, 1.165) is 56.6 Å². The van der Waals surface area contributed by atoms with Crippen LogP contribution in [0.4, 0.5) is 0 Å². The summed E-state index contributed by atoms with van der Waals surface area (Å²) in [5, 5.41) is 0. The molecule has 4 aliphatic rings. The van der Waals surface area contributed by atoms with Gasteiger partial charge in [0.05, 0.1) is 19.6 Å². The lowest BCUT2D eigenvalue weighted by atomic mass is 9.77. The highest BCUT2D eigenvalue weighted by Crippen LogP contribution is 2.45. The molecule has 27 heavy (non-hydrogen) atoms. The molecule has 0 spiro atoms. The van der Waals surface area contributed by atoms with Gasteiger partial charge in [0.25, 0.3) is 0 Å². The maximum Gasteiger partial charge on any atom is 0.233 e. The van der Waals surface area contributed by atoms with Gasteiger partial charge in [-0.2, -0.15) is 0 Å². The number of rotatable bonds is 4. The molecule has 148 valence electrons. The number of carbonyl (C=O) groups is 1. The van der Waals surface area contributed by atoms with E-state index in [2.05, 4.69) is 22.9 Å². The number of hydrogen-bond acceptors (Lipinski definition) is 4. The van der Waals surface area contributed by atoms with Gasteiger partial charge in [0.2, 0.25) is 5.91 Å². The van der Waals surface area contributed by atoms with Crippen molar-refractivity contribution < 1.29 is 14.3 Å². The predicted molar refractivity (Wildman–Crippen MR) is 105 cm³/mol. The fourth-order valence-electron chi connectivity index (χ4n) is 5.52. The zero-order valence-corrected chi connectivity index (χ0v) is 16.9. The molecule has 0 N–H and O–H groups in total. The highest BCUT2D eigenvalue weighted by molar-refractivity contribution is 5.89. The van der Waals surface area contributed by atoms with Gasteiger partial charge in [0.15, 0.2) is 11.5 Å². The van der Waals surface area contributed by atoms with E-state index in [1.54, 1.807) is 14.2 Å². The fraction of sp³-hybridized carbons (Fsp3) is 0.682. The van der Waals surface area contributed by atoms with Crippen molar-refractivity contribution >= 4 is 5.91 Å². The van der Waals surface area contributed by atoms with Gasteiger partial charge in [-0.15, -0.1) is 0 Å². The summed E-state index contributed by atoms with van der Waals surface area (Å²) in [5.74, 6) is 2.38. The molecule has 1 saturated carbocycles. The van der Waals surface area contributed by atoms with Gasteiger partial charge in [-0.1, -0.05) is 18.9 Å². The highest BCUT2D eigenvalue weighted by atomic mass is 16.5. The van der Waals surface area contributed by atoms with E-state index in [4.69, 9.17) is 9.47 Å². The second-order valence-corrected chi connectivity index (χ2v) is 8.61. The third-order valence-electron chi connectivity index (χ3n) is 7.08. The molecule has 0 unspecified atom stereocenters. The summed E-state index contributed by atoms with van der Waals surface area (Å²) < 4.78 is 10.9. The number of benzene rings is 1. The average molecular weight is 373 g/mol. The van der Waals surface area contributed by atoms with Crippen LogP contribution in [0.5, 0.6) is 11.5 Å². The van der Waals surface area contributed by atoms with Crippen LogP contribution in [-0.2, 0) is 10.2 Å². The number of hydrogen-bond donors (Lipinski definition) is 0. The average Bonchev–Trinajstić information content (AvgIpc) is 3.03. The van der Waals surface area contributed by atoms with Crippen molar-refractivity contribution in [2.45, 2.75) is 50.0 Å². The van der Waals surface area contributed by atoms with E-state index in [1.165, 1.54) is 12.8 Å². The quantitative estimate of drug-likeness (QED) is 0.815. The van der Waals surface area contributed by atoms with Gasteiger partial charge in [0.1, 0.15) is 0 Å². The lowest BCUT2D eigenvalue weighted by Crippen LogP contribution is -2.48. The van der Waals surface area contributed by atoms with Crippen LogP contribution in [0.3, 0.4) is 0 Å². The fourth-order valence-corrected chi connectivity index (χ4v) is 5.52. The van der Waals surface area contributed by atoms with E-state index in [-0.39, 0.29) is 0 Å². The normalized spacial score (nSPS) is 27.4. The molecular formula is C22H32N2O3. The first-order chi connectivity index (χ1) is 13.1. The van der Waals surface area contributed by atoms with Gasteiger partial charge < -0.3 is 19.3 Å². The Bertz CT molecular complexity index is 699. The minimum atomic E-state index is -0.401. The molecule has 4 fully saturated rings. The molecule has 3 saturated heterocycles. The Labute approximate surface area is 162 Å². The number of carbonyl (C=O) groups excluding carboxylic acids is 1. The van der Waals surface area contributed by atoms with Gasteiger partial charge >= 0.3 is 0 Å². The molecule has 5 heteroatoms. The Kier molecular flexibility index (Phi) is 5.06. The number of methoxy groups -OCH3 is 2. The molecule has 1 aromatic rings. The molecule has 1 amide bonds. The minimum Gasteiger partial charge on any atom is -0.493 e. The first-order valence-electron chi connectivity index (χ1n) is 10.3. The second-order valence-electron chi connectivity index (χ2n) is 8.61. The summed E-state index contributed by atoms with van der Waals surface area (Å²) in [5.41, 5.74) is 0.689. The monoisotopic (exact) mass is 372 g/mol. The van der Waals surface area contributed by atoms with E-state index < -0.39 is 5.41 Å². The van der Waals surface area contributed by atoms with Crippen LogP contribution in [0.2, 0.25) is 0 Å². The molecule has 5 rings (SSSR count). The van der Waals surface area contributed by atoms with Crippen LogP contribution < -0.4 is 9.47 Å². The topological polar surface area (TPSA) is 42.0 Å². The number of nitrogens with zero attached hydrogens (tertiary/aromatic N) is 2. The van der Waals surface area contributed by atoms with Gasteiger partial charge in [-0.3, -0.25) is 4.79 Å². The van der Waals surface area contributed by atoms with Gasteiger partial charge in [-0.25, -0.2) is 0 Å². The minimum absolute atomic E-state index is 0.333. The van der Waals surface area contributed by atoms with Crippen molar-refractivity contribution in [3.8, 4) is 11.5 Å². The van der Waals surface area contributed by atoms with Crippen LogP contribution in [0.15, 0.2) is 18.2 Å². The van der Waals surface area contributed by atoms with Crippen molar-refractivity contribution in [1.82, 2.24) is 9.80 Å². The van der Waals surface area contributed by atoms with Gasteiger partial charge in [-0.05, 0) is 56.3 Å². The van der Waals surface area contributed by atoms with Crippen LogP contribution in [0, 0.1) is 5.92 Å². The lowest BCUT2D eigenvalue weighted by Gasteiger charge is -2.36. The van der Waals surface area contributed by atoms with E-state index >= 15 is 0 Å². The van der Waals surface area contributed by atoms with Crippen molar-refractivity contribution in [1.29, 1.82) is 0 Å². The van der Waals surface area contributed by atoms with Crippen molar-refractivity contribution in [2.24, 2.45) is 5.92 Å². The molecule has 2 atom stereocenters. The number of likely N-dealkylation sites (N-methyl/N-ethyl adjacent to an activating group) is 1. The summed E-state index contributed by atoms with van der Waals surface area (Å²) in [6, 6.07) is 6.56. The zero-order valence-electron chi connectivity index (χ0n) is 16.9. The van der Waals surface area contributed by atoms with Crippen molar-refractivity contribution in [3.63, 3.8) is 0 Å². The van der Waals surface area contributed by atoms with E-state index in [9.17, 15) is 4.79 Å². The second kappa shape index (κ2) is 7.34. The zero-order chi connectivity index (χ0) is 19.0. The predicted octanol–water partition coefficient (Wildman–Crippen LogP) is 3.07. The maximum absolute atomic E-state index is 13.9. The Hall–Kier alpha value is -1.75. The third-order valence-corrected chi connectivity index (χ3v) is 7.08. The highest BCUT2D eigenvalue weighted by Gasteiger charge is 2.47. The summed E-state index contributed by atoms with van der Waals surface area (Å²) in [6.45, 7) is 2.91. The SMILES string of the molecule is COc1ccc(C2(C(=O)N3C[C@@H]4CC[C@H](C3)N(C)C4)CCCC2)cc1OC. The summed E-state index contributed by atoms with van der Waals surface area (Å²) in [7, 11) is 5.52. The molecule has 3 heterocycles. The number of ether oxygens (including phenoxy) is 2. The molecule has 2 bridgehead atoms. The molecule has 1 aromatic carbocycles. The van der Waals surface area contributed by atoms with Crippen LogP contribution in [0.25, 0.3) is 0 Å². The lowest BCUT2D eigenvalue weighted by molar-refractivity contribution is -0.137. The molecule has 3 aliphatic heterocycles. The Morgan fingerprint density at radius 2 is 1.78 bits per heavy atom. The number of fused-ring (bicyclic) bond motifs is 4. The van der Waals surface area contributed by atoms with Crippen LogP contribution >= 0.6 is 0 Å². The maximum atomic E-state index is 13.9. The molecule has 0 aromatic heterocycles. The molecule has 5 nitrogen and oxygen atoms in total. The molecule has 1 aliphatic carbocycles. The van der Waals surface area contributed by atoms with Crippen molar-refractivity contribution in [3.05, 3.63) is 23.8 Å². The first kappa shape index (κ1) is 18.6. The Balaban J connectivity index is 1.67. The standard InChI is InChI=1S/C22H32N2O3/c1-23-13-16-6-8-18(23)15-24(14-16)21(25)22(10-4-5-11-22)17-7-9-19(26-2)20(12-17)27-3/h7,9,12,16,18H,4-6,8,10-11,13-15H2,1-3H3/t16-,18-/m1/s1. The van der Waals surface area contributed by atoms with Crippen LogP contribution in [0.1, 0.15) is 44.1 Å². The largest absolute Gasteiger partial charge is 0.493 e.